The van der Waals surface area contributed by atoms with Crippen LogP contribution in [0.25, 0.3) is 0 Å². The average molecular weight is 369 g/mol. The number of likely N-dealkylation sites (tertiary alicyclic amines) is 1. The third kappa shape index (κ3) is 3.17. The van der Waals surface area contributed by atoms with Crippen LogP contribution in [0.2, 0.25) is 5.02 Å². The summed E-state index contributed by atoms with van der Waals surface area (Å²) in [7, 11) is 2.39. The average Bonchev–Trinajstić information content (AvgIpc) is 2.94. The number of nitrogens with zero attached hydrogens (tertiary/aromatic N) is 1. The molecule has 3 heteroatoms. The van der Waals surface area contributed by atoms with E-state index in [2.05, 4.69) is 50.9 Å². The van der Waals surface area contributed by atoms with Gasteiger partial charge in [0.05, 0.1) is 26.7 Å². The van der Waals surface area contributed by atoms with Gasteiger partial charge >= 0.3 is 0 Å². The molecule has 2 aromatic carbocycles. The van der Waals surface area contributed by atoms with Crippen molar-refractivity contribution in [3.63, 3.8) is 0 Å². The summed E-state index contributed by atoms with van der Waals surface area (Å²) in [5, 5.41) is 0.789. The smallest absolute Gasteiger partial charge is 0.131 e. The van der Waals surface area contributed by atoms with E-state index in [1.807, 2.05) is 12.1 Å². The molecule has 0 saturated carbocycles. The Bertz CT molecular complexity index is 846. The van der Waals surface area contributed by atoms with Crippen molar-refractivity contribution in [3.05, 3.63) is 70.8 Å². The standard InChI is InChI=1S/C23H27ClNO/c1-4-16(2)11-12-25(3)14-20-18-7-5-6-8-22(18)26-23-10-9-17(24)13-19(23)21(20)15-25/h5-10,13,20-21H,2,4,11-12,14-15H2,1,3H3/q+1. The molecule has 136 valence electrons. The molecule has 2 heterocycles. The topological polar surface area (TPSA) is 9.23 Å². The minimum atomic E-state index is 0.437. The summed E-state index contributed by atoms with van der Waals surface area (Å²) < 4.78 is 7.38. The molecular weight excluding hydrogens is 342 g/mol. The summed E-state index contributed by atoms with van der Waals surface area (Å²) in [4.78, 5) is 0. The van der Waals surface area contributed by atoms with Gasteiger partial charge in [0, 0.05) is 34.4 Å². The molecule has 0 amide bonds. The Morgan fingerprint density at radius 2 is 1.81 bits per heavy atom. The molecule has 2 aliphatic rings. The van der Waals surface area contributed by atoms with Gasteiger partial charge in [-0.25, -0.2) is 0 Å². The van der Waals surface area contributed by atoms with Crippen LogP contribution in [0.15, 0.2) is 54.6 Å². The molecule has 0 aliphatic carbocycles. The van der Waals surface area contributed by atoms with Crippen LogP contribution in [0.1, 0.15) is 42.7 Å². The highest BCUT2D eigenvalue weighted by Gasteiger charge is 2.47. The van der Waals surface area contributed by atoms with Crippen LogP contribution >= 0.6 is 11.6 Å². The van der Waals surface area contributed by atoms with Crippen LogP contribution < -0.4 is 4.74 Å². The van der Waals surface area contributed by atoms with E-state index in [4.69, 9.17) is 16.3 Å². The maximum absolute atomic E-state index is 6.35. The zero-order chi connectivity index (χ0) is 18.3. The molecule has 3 atom stereocenters. The second-order valence-electron chi connectivity index (χ2n) is 8.10. The van der Waals surface area contributed by atoms with E-state index in [1.165, 1.54) is 16.7 Å². The first-order valence-electron chi connectivity index (χ1n) is 9.55. The lowest BCUT2D eigenvalue weighted by Gasteiger charge is -2.31. The summed E-state index contributed by atoms with van der Waals surface area (Å²) in [6.45, 7) is 9.81. The number of ether oxygens (including phenoxy) is 1. The number of likely N-dealkylation sites (N-methyl/N-ethyl adjacent to an activating group) is 1. The highest BCUT2D eigenvalue weighted by Crippen LogP contribution is 2.51. The lowest BCUT2D eigenvalue weighted by molar-refractivity contribution is -0.898. The number of benzene rings is 2. The lowest BCUT2D eigenvalue weighted by Crippen LogP contribution is -2.42. The summed E-state index contributed by atoms with van der Waals surface area (Å²) >= 11 is 6.35. The first-order chi connectivity index (χ1) is 12.5. The zero-order valence-corrected chi connectivity index (χ0v) is 16.4. The number of quaternary nitrogens is 1. The van der Waals surface area contributed by atoms with E-state index in [9.17, 15) is 0 Å². The zero-order valence-electron chi connectivity index (χ0n) is 15.7. The molecular formula is C23H27ClNO+. The fraction of sp³-hybridized carbons (Fsp3) is 0.391. The normalized spacial score (nSPS) is 26.3. The molecule has 4 rings (SSSR count). The molecule has 0 aromatic heterocycles. The number of rotatable bonds is 4. The van der Waals surface area contributed by atoms with Crippen molar-refractivity contribution in [2.75, 3.05) is 26.7 Å². The SMILES string of the molecule is C=C(CC)CC[N+]1(C)CC2c3ccccc3Oc3ccc(Cl)cc3C2C1. The largest absolute Gasteiger partial charge is 0.457 e. The molecule has 0 N–H and O–H groups in total. The van der Waals surface area contributed by atoms with Crippen LogP contribution in [0.5, 0.6) is 11.5 Å². The van der Waals surface area contributed by atoms with Crippen molar-refractivity contribution in [1.82, 2.24) is 0 Å². The van der Waals surface area contributed by atoms with Crippen molar-refractivity contribution < 1.29 is 9.22 Å². The molecule has 0 radical (unpaired) electrons. The van der Waals surface area contributed by atoms with Gasteiger partial charge in [-0.15, -0.1) is 0 Å². The maximum atomic E-state index is 6.35. The number of hydrogen-bond donors (Lipinski definition) is 0. The third-order valence-electron chi connectivity index (χ3n) is 6.18. The molecule has 26 heavy (non-hydrogen) atoms. The minimum Gasteiger partial charge on any atom is -0.457 e. The molecule has 3 unspecified atom stereocenters. The van der Waals surface area contributed by atoms with Gasteiger partial charge in [-0.2, -0.15) is 0 Å². The first kappa shape index (κ1) is 17.6. The van der Waals surface area contributed by atoms with Gasteiger partial charge < -0.3 is 9.22 Å². The molecule has 1 saturated heterocycles. The second-order valence-corrected chi connectivity index (χ2v) is 8.53. The highest BCUT2D eigenvalue weighted by molar-refractivity contribution is 6.30. The van der Waals surface area contributed by atoms with Crippen LogP contribution in [0.4, 0.5) is 0 Å². The monoisotopic (exact) mass is 368 g/mol. The lowest BCUT2D eigenvalue weighted by atomic mass is 9.84. The molecule has 0 spiro atoms. The van der Waals surface area contributed by atoms with Gasteiger partial charge in [0.2, 0.25) is 0 Å². The van der Waals surface area contributed by atoms with E-state index in [1.54, 1.807) is 0 Å². The molecule has 1 fully saturated rings. The predicted molar refractivity (Wildman–Crippen MR) is 108 cm³/mol. The Balaban J connectivity index is 1.74. The Morgan fingerprint density at radius 3 is 2.58 bits per heavy atom. The first-order valence-corrected chi connectivity index (χ1v) is 9.93. The Hall–Kier alpha value is -1.77. The van der Waals surface area contributed by atoms with Gasteiger partial charge in [-0.3, -0.25) is 0 Å². The van der Waals surface area contributed by atoms with Crippen molar-refractivity contribution in [2.45, 2.75) is 31.6 Å². The van der Waals surface area contributed by atoms with E-state index in [-0.39, 0.29) is 0 Å². The fourth-order valence-electron chi connectivity index (χ4n) is 4.60. The van der Waals surface area contributed by atoms with Gasteiger partial charge in [0.15, 0.2) is 0 Å². The van der Waals surface area contributed by atoms with Crippen molar-refractivity contribution in [1.29, 1.82) is 0 Å². The Kier molecular flexibility index (Phi) is 4.58. The highest BCUT2D eigenvalue weighted by atomic mass is 35.5. The van der Waals surface area contributed by atoms with Crippen molar-refractivity contribution in [3.8, 4) is 11.5 Å². The van der Waals surface area contributed by atoms with Crippen molar-refractivity contribution in [2.24, 2.45) is 0 Å². The quantitative estimate of drug-likeness (QED) is 0.466. The number of hydrogen-bond acceptors (Lipinski definition) is 1. The Morgan fingerprint density at radius 1 is 1.12 bits per heavy atom. The van der Waals surface area contributed by atoms with Gasteiger partial charge in [0.25, 0.3) is 0 Å². The van der Waals surface area contributed by atoms with E-state index >= 15 is 0 Å². The Labute approximate surface area is 161 Å². The fourth-order valence-corrected chi connectivity index (χ4v) is 4.78. The molecule has 2 nitrogen and oxygen atoms in total. The van der Waals surface area contributed by atoms with E-state index in [0.717, 1.165) is 53.5 Å². The molecule has 0 bridgehead atoms. The van der Waals surface area contributed by atoms with Crippen LogP contribution in [-0.2, 0) is 0 Å². The van der Waals surface area contributed by atoms with Crippen LogP contribution in [0.3, 0.4) is 0 Å². The second kappa shape index (κ2) is 6.75. The van der Waals surface area contributed by atoms with E-state index < -0.39 is 0 Å². The van der Waals surface area contributed by atoms with E-state index in [0.29, 0.717) is 11.8 Å². The maximum Gasteiger partial charge on any atom is 0.131 e. The molecule has 2 aliphatic heterocycles. The number of fused-ring (bicyclic) bond motifs is 5. The van der Waals surface area contributed by atoms with Crippen LogP contribution in [-0.4, -0.2) is 31.2 Å². The van der Waals surface area contributed by atoms with Gasteiger partial charge in [-0.05, 0) is 30.7 Å². The van der Waals surface area contributed by atoms with Crippen LogP contribution in [0, 0.1) is 0 Å². The summed E-state index contributed by atoms with van der Waals surface area (Å²) in [5.41, 5.74) is 3.94. The summed E-state index contributed by atoms with van der Waals surface area (Å²) in [5.74, 6) is 2.86. The van der Waals surface area contributed by atoms with Gasteiger partial charge in [-0.1, -0.05) is 48.9 Å². The number of para-hydroxylation sites is 1. The summed E-state index contributed by atoms with van der Waals surface area (Å²) in [6.07, 6.45) is 2.18. The third-order valence-corrected chi connectivity index (χ3v) is 6.41. The van der Waals surface area contributed by atoms with Crippen molar-refractivity contribution >= 4 is 11.6 Å². The van der Waals surface area contributed by atoms with Gasteiger partial charge in [0.1, 0.15) is 11.5 Å². The molecule has 2 aromatic rings. The number of halogens is 1. The predicted octanol–water partition coefficient (Wildman–Crippen LogP) is 6.13. The summed E-state index contributed by atoms with van der Waals surface area (Å²) in [6, 6.07) is 14.6. The minimum absolute atomic E-state index is 0.437.